The molecule has 1 aromatic rings. The minimum atomic E-state index is -0.308. The molecule has 3 nitrogen and oxygen atoms in total. The zero-order valence-corrected chi connectivity index (χ0v) is 14.4. The molecule has 1 aromatic carbocycles. The van der Waals surface area contributed by atoms with Gasteiger partial charge >= 0.3 is 0 Å². The average molecular weight is 352 g/mol. The fourth-order valence-electron chi connectivity index (χ4n) is 3.19. The predicted molar refractivity (Wildman–Crippen MR) is 86.7 cm³/mol. The largest absolute Gasteiger partial charge is 0.296 e. The Morgan fingerprint density at radius 2 is 1.90 bits per heavy atom. The number of carbonyl (C=O) groups is 2. The van der Waals surface area contributed by atoms with Gasteiger partial charge in [-0.05, 0) is 41.9 Å². The lowest BCUT2D eigenvalue weighted by atomic mass is 9.65. The standard InChI is InChI=1S/C17H22BrNO2/c1-11(2)8-14-16(21)19-15(20)10-17(14,3)9-12-4-6-13(18)7-5-12/h4-7,11,14H,8-10H2,1-3H3,(H,19,20,21). The van der Waals surface area contributed by atoms with Crippen molar-refractivity contribution < 1.29 is 9.59 Å². The van der Waals surface area contributed by atoms with Gasteiger partial charge in [-0.25, -0.2) is 0 Å². The number of halogens is 1. The van der Waals surface area contributed by atoms with Crippen LogP contribution in [0.5, 0.6) is 0 Å². The number of imide groups is 1. The van der Waals surface area contributed by atoms with Gasteiger partial charge in [-0.15, -0.1) is 0 Å². The third kappa shape index (κ3) is 3.94. The third-order valence-corrected chi connectivity index (χ3v) is 4.74. The molecule has 1 saturated heterocycles. The molecule has 114 valence electrons. The van der Waals surface area contributed by atoms with Crippen LogP contribution < -0.4 is 5.32 Å². The molecule has 1 aliphatic rings. The van der Waals surface area contributed by atoms with Gasteiger partial charge in [0.25, 0.3) is 0 Å². The van der Waals surface area contributed by atoms with Crippen molar-refractivity contribution in [3.05, 3.63) is 34.3 Å². The zero-order chi connectivity index (χ0) is 15.6. The summed E-state index contributed by atoms with van der Waals surface area (Å²) in [6.45, 7) is 6.30. The van der Waals surface area contributed by atoms with Gasteiger partial charge in [-0.3, -0.25) is 14.9 Å². The second kappa shape index (κ2) is 6.30. The second-order valence-corrected chi connectivity index (χ2v) is 7.64. The van der Waals surface area contributed by atoms with E-state index in [1.165, 1.54) is 0 Å². The lowest BCUT2D eigenvalue weighted by Gasteiger charge is -2.40. The number of hydrogen-bond donors (Lipinski definition) is 1. The quantitative estimate of drug-likeness (QED) is 0.840. The Morgan fingerprint density at radius 1 is 1.29 bits per heavy atom. The van der Waals surface area contributed by atoms with E-state index in [1.54, 1.807) is 0 Å². The molecule has 2 unspecified atom stereocenters. The molecule has 0 bridgehead atoms. The summed E-state index contributed by atoms with van der Waals surface area (Å²) in [5, 5.41) is 2.50. The topological polar surface area (TPSA) is 46.2 Å². The number of amides is 2. The van der Waals surface area contributed by atoms with Crippen LogP contribution in [0.15, 0.2) is 28.7 Å². The molecule has 2 amide bonds. The van der Waals surface area contributed by atoms with E-state index < -0.39 is 0 Å². The smallest absolute Gasteiger partial charge is 0.230 e. The van der Waals surface area contributed by atoms with Crippen LogP contribution in [0.2, 0.25) is 0 Å². The summed E-state index contributed by atoms with van der Waals surface area (Å²) < 4.78 is 1.03. The highest BCUT2D eigenvalue weighted by Crippen LogP contribution is 2.41. The molecule has 2 rings (SSSR count). The Hall–Kier alpha value is -1.16. The van der Waals surface area contributed by atoms with E-state index in [0.29, 0.717) is 12.3 Å². The molecule has 2 atom stereocenters. The van der Waals surface area contributed by atoms with E-state index in [9.17, 15) is 9.59 Å². The van der Waals surface area contributed by atoms with Crippen molar-refractivity contribution >= 4 is 27.7 Å². The number of carbonyl (C=O) groups excluding carboxylic acids is 2. The van der Waals surface area contributed by atoms with Crippen LogP contribution >= 0.6 is 15.9 Å². The number of benzene rings is 1. The van der Waals surface area contributed by atoms with Gasteiger partial charge in [0.2, 0.25) is 11.8 Å². The summed E-state index contributed by atoms with van der Waals surface area (Å²) in [5.41, 5.74) is 0.856. The second-order valence-electron chi connectivity index (χ2n) is 6.73. The number of hydrogen-bond acceptors (Lipinski definition) is 2. The van der Waals surface area contributed by atoms with Crippen molar-refractivity contribution in [3.63, 3.8) is 0 Å². The molecule has 1 N–H and O–H groups in total. The molecule has 0 aliphatic carbocycles. The van der Waals surface area contributed by atoms with E-state index in [1.807, 2.05) is 12.1 Å². The average Bonchev–Trinajstić information content (AvgIpc) is 2.36. The first-order valence-electron chi connectivity index (χ1n) is 7.38. The maximum atomic E-state index is 12.3. The van der Waals surface area contributed by atoms with E-state index >= 15 is 0 Å². The molecule has 1 aliphatic heterocycles. The summed E-state index contributed by atoms with van der Waals surface area (Å²) in [5.74, 6) is 0.0521. The minimum Gasteiger partial charge on any atom is -0.296 e. The van der Waals surface area contributed by atoms with Crippen molar-refractivity contribution in [1.29, 1.82) is 0 Å². The summed E-state index contributed by atoms with van der Waals surface area (Å²) in [4.78, 5) is 24.1. The first-order valence-corrected chi connectivity index (χ1v) is 8.17. The van der Waals surface area contributed by atoms with Crippen molar-refractivity contribution in [2.45, 2.75) is 40.0 Å². The SMILES string of the molecule is CC(C)CC1C(=O)NC(=O)CC1(C)Cc1ccc(Br)cc1. The molecule has 1 heterocycles. The third-order valence-electron chi connectivity index (χ3n) is 4.21. The molecule has 0 aromatic heterocycles. The van der Waals surface area contributed by atoms with Crippen molar-refractivity contribution in [1.82, 2.24) is 5.32 Å². The van der Waals surface area contributed by atoms with Crippen LogP contribution in [0.25, 0.3) is 0 Å². The van der Waals surface area contributed by atoms with Gasteiger partial charge in [-0.1, -0.05) is 48.8 Å². The molecule has 0 saturated carbocycles. The van der Waals surface area contributed by atoms with Gasteiger partial charge in [-0.2, -0.15) is 0 Å². The highest BCUT2D eigenvalue weighted by Gasteiger charge is 2.45. The van der Waals surface area contributed by atoms with Crippen LogP contribution in [0.3, 0.4) is 0 Å². The first kappa shape index (κ1) is 16.2. The van der Waals surface area contributed by atoms with E-state index in [0.717, 1.165) is 22.9 Å². The number of rotatable bonds is 4. The number of piperidine rings is 1. The Balaban J connectivity index is 2.26. The maximum Gasteiger partial charge on any atom is 0.230 e. The Labute approximate surface area is 134 Å². The molecule has 0 spiro atoms. The summed E-state index contributed by atoms with van der Waals surface area (Å²) >= 11 is 3.43. The fraction of sp³-hybridized carbons (Fsp3) is 0.529. The maximum absolute atomic E-state index is 12.3. The van der Waals surface area contributed by atoms with Gasteiger partial charge in [0.1, 0.15) is 0 Å². The van der Waals surface area contributed by atoms with E-state index in [2.05, 4.69) is 54.2 Å². The molecular formula is C17H22BrNO2. The molecular weight excluding hydrogens is 330 g/mol. The lowest BCUT2D eigenvalue weighted by molar-refractivity contribution is -0.143. The molecule has 1 fully saturated rings. The zero-order valence-electron chi connectivity index (χ0n) is 12.8. The lowest BCUT2D eigenvalue weighted by Crippen LogP contribution is -2.52. The Bertz CT molecular complexity index is 538. The highest BCUT2D eigenvalue weighted by atomic mass is 79.9. The van der Waals surface area contributed by atoms with Gasteiger partial charge in [0.05, 0.1) is 0 Å². The van der Waals surface area contributed by atoms with E-state index in [-0.39, 0.29) is 23.1 Å². The van der Waals surface area contributed by atoms with E-state index in [4.69, 9.17) is 0 Å². The van der Waals surface area contributed by atoms with Crippen LogP contribution in [0.1, 0.15) is 39.2 Å². The minimum absolute atomic E-state index is 0.112. The van der Waals surface area contributed by atoms with Crippen LogP contribution in [0.4, 0.5) is 0 Å². The van der Waals surface area contributed by atoms with Crippen molar-refractivity contribution in [2.24, 2.45) is 17.3 Å². The predicted octanol–water partition coefficient (Wildman–Crippen LogP) is 3.71. The molecule has 21 heavy (non-hydrogen) atoms. The molecule has 4 heteroatoms. The molecule has 0 radical (unpaired) electrons. The number of nitrogens with one attached hydrogen (secondary N) is 1. The first-order chi connectivity index (χ1) is 9.80. The summed E-state index contributed by atoms with van der Waals surface area (Å²) in [7, 11) is 0. The van der Waals surface area contributed by atoms with Crippen LogP contribution in [0, 0.1) is 17.3 Å². The van der Waals surface area contributed by atoms with Crippen LogP contribution in [-0.2, 0) is 16.0 Å². The van der Waals surface area contributed by atoms with Gasteiger partial charge in [0.15, 0.2) is 0 Å². The fourth-order valence-corrected chi connectivity index (χ4v) is 3.46. The van der Waals surface area contributed by atoms with Crippen LogP contribution in [-0.4, -0.2) is 11.8 Å². The van der Waals surface area contributed by atoms with Gasteiger partial charge in [0, 0.05) is 16.8 Å². The van der Waals surface area contributed by atoms with Crippen molar-refractivity contribution in [2.75, 3.05) is 0 Å². The van der Waals surface area contributed by atoms with Gasteiger partial charge < -0.3 is 0 Å². The monoisotopic (exact) mass is 351 g/mol. The highest BCUT2D eigenvalue weighted by molar-refractivity contribution is 9.10. The summed E-state index contributed by atoms with van der Waals surface area (Å²) in [6.07, 6.45) is 1.97. The normalized spacial score (nSPS) is 26.0. The Morgan fingerprint density at radius 3 is 2.48 bits per heavy atom. The summed E-state index contributed by atoms with van der Waals surface area (Å²) in [6, 6.07) is 8.11. The van der Waals surface area contributed by atoms with Crippen molar-refractivity contribution in [3.8, 4) is 0 Å². The Kier molecular flexibility index (Phi) is 4.87.